The molecule has 3 rings (SSSR count). The molecule has 1 atom stereocenters. The zero-order valence-electron chi connectivity index (χ0n) is 9.58. The number of hydrogen-bond acceptors (Lipinski definition) is 1. The molecule has 1 aromatic rings. The van der Waals surface area contributed by atoms with Crippen LogP contribution in [-0.4, -0.2) is 11.1 Å². The fourth-order valence-electron chi connectivity index (χ4n) is 3.57. The fraction of sp³-hybridized carbons (Fsp3) is 0.500. The summed E-state index contributed by atoms with van der Waals surface area (Å²) in [4.78, 5) is 10.9. The normalized spacial score (nSPS) is 24.4. The van der Waals surface area contributed by atoms with Crippen molar-refractivity contribution in [3.63, 3.8) is 0 Å². The second-order valence-electron chi connectivity index (χ2n) is 5.34. The molecular weight excluding hydrogens is 219 g/mol. The van der Waals surface area contributed by atoms with Crippen molar-refractivity contribution in [2.45, 2.75) is 43.4 Å². The summed E-state index contributed by atoms with van der Waals surface area (Å²) in [5.41, 5.74) is 1.71. The molecule has 1 fully saturated rings. The maximum atomic E-state index is 14.0. The van der Waals surface area contributed by atoms with Gasteiger partial charge < -0.3 is 5.11 Å². The summed E-state index contributed by atoms with van der Waals surface area (Å²) < 4.78 is 14.0. The number of hydrogen-bond donors (Lipinski definition) is 1. The van der Waals surface area contributed by atoms with Gasteiger partial charge in [-0.05, 0) is 47.8 Å². The van der Waals surface area contributed by atoms with Crippen molar-refractivity contribution in [1.82, 2.24) is 0 Å². The van der Waals surface area contributed by atoms with Crippen molar-refractivity contribution >= 4 is 5.97 Å². The molecule has 2 nitrogen and oxygen atoms in total. The lowest BCUT2D eigenvalue weighted by Gasteiger charge is -2.39. The van der Waals surface area contributed by atoms with Crippen LogP contribution in [0.5, 0.6) is 0 Å². The molecule has 0 bridgehead atoms. The third-order valence-corrected chi connectivity index (χ3v) is 4.38. The first-order valence-electron chi connectivity index (χ1n) is 6.13. The highest BCUT2D eigenvalue weighted by atomic mass is 19.1. The number of carboxylic acid groups (broad SMARTS) is 1. The SMILES string of the molecule is O=C(O)CC1CC2(CCC2)c2c(F)cccc21. The first-order valence-corrected chi connectivity index (χ1v) is 6.13. The van der Waals surface area contributed by atoms with E-state index in [4.69, 9.17) is 5.11 Å². The van der Waals surface area contributed by atoms with Gasteiger partial charge in [-0.2, -0.15) is 0 Å². The van der Waals surface area contributed by atoms with E-state index < -0.39 is 5.97 Å². The van der Waals surface area contributed by atoms with Crippen LogP contribution in [0.4, 0.5) is 4.39 Å². The number of aliphatic carboxylic acids is 1. The van der Waals surface area contributed by atoms with E-state index in [1.807, 2.05) is 6.07 Å². The maximum Gasteiger partial charge on any atom is 0.303 e. The van der Waals surface area contributed by atoms with Crippen LogP contribution in [0, 0.1) is 5.82 Å². The Morgan fingerprint density at radius 3 is 2.82 bits per heavy atom. The van der Waals surface area contributed by atoms with Gasteiger partial charge in [0.25, 0.3) is 0 Å². The molecule has 0 amide bonds. The van der Waals surface area contributed by atoms with Gasteiger partial charge in [0.2, 0.25) is 0 Å². The Morgan fingerprint density at radius 1 is 1.47 bits per heavy atom. The first kappa shape index (κ1) is 10.8. The Bertz CT molecular complexity index is 477. The van der Waals surface area contributed by atoms with Crippen LogP contribution in [-0.2, 0) is 10.2 Å². The van der Waals surface area contributed by atoms with Crippen molar-refractivity contribution in [3.8, 4) is 0 Å². The molecular formula is C14H15FO2. The highest BCUT2D eigenvalue weighted by Crippen LogP contribution is 2.58. The van der Waals surface area contributed by atoms with Gasteiger partial charge in [0.1, 0.15) is 5.82 Å². The maximum absolute atomic E-state index is 14.0. The van der Waals surface area contributed by atoms with Gasteiger partial charge in [-0.15, -0.1) is 0 Å². The number of halogens is 1. The highest BCUT2D eigenvalue weighted by Gasteiger charge is 2.49. The van der Waals surface area contributed by atoms with E-state index >= 15 is 0 Å². The van der Waals surface area contributed by atoms with Gasteiger partial charge in [-0.1, -0.05) is 18.6 Å². The fourth-order valence-corrected chi connectivity index (χ4v) is 3.57. The molecule has 1 aromatic carbocycles. The van der Waals surface area contributed by atoms with E-state index in [9.17, 15) is 9.18 Å². The quantitative estimate of drug-likeness (QED) is 0.853. The van der Waals surface area contributed by atoms with Gasteiger partial charge >= 0.3 is 5.97 Å². The predicted octanol–water partition coefficient (Wildman–Crippen LogP) is 3.21. The summed E-state index contributed by atoms with van der Waals surface area (Å²) in [6, 6.07) is 5.10. The minimum absolute atomic E-state index is 0.00139. The Hall–Kier alpha value is -1.38. The zero-order valence-corrected chi connectivity index (χ0v) is 9.58. The zero-order chi connectivity index (χ0) is 12.0. The Balaban J connectivity index is 2.05. The van der Waals surface area contributed by atoms with E-state index in [0.29, 0.717) is 0 Å². The number of benzene rings is 1. The number of carbonyl (C=O) groups is 1. The standard InChI is InChI=1S/C14H15FO2/c15-11-4-1-3-10-9(7-12(16)17)8-14(13(10)11)5-2-6-14/h1,3-4,9H,2,5-8H2,(H,16,17). The molecule has 1 saturated carbocycles. The van der Waals surface area contributed by atoms with Crippen LogP contribution in [0.1, 0.15) is 49.1 Å². The van der Waals surface area contributed by atoms with Crippen LogP contribution < -0.4 is 0 Å². The minimum Gasteiger partial charge on any atom is -0.481 e. The summed E-state index contributed by atoms with van der Waals surface area (Å²) in [6.07, 6.45) is 4.09. The van der Waals surface area contributed by atoms with Crippen LogP contribution >= 0.6 is 0 Å². The van der Waals surface area contributed by atoms with Crippen molar-refractivity contribution in [2.24, 2.45) is 0 Å². The second kappa shape index (κ2) is 3.56. The largest absolute Gasteiger partial charge is 0.481 e. The topological polar surface area (TPSA) is 37.3 Å². The predicted molar refractivity (Wildman–Crippen MR) is 61.5 cm³/mol. The molecule has 2 aliphatic rings. The number of fused-ring (bicyclic) bond motifs is 2. The van der Waals surface area contributed by atoms with E-state index in [1.165, 1.54) is 6.07 Å². The van der Waals surface area contributed by atoms with Gasteiger partial charge in [-0.25, -0.2) is 4.39 Å². The van der Waals surface area contributed by atoms with Crippen molar-refractivity contribution < 1.29 is 14.3 Å². The van der Waals surface area contributed by atoms with Gasteiger partial charge in [0.15, 0.2) is 0 Å². The molecule has 1 N–H and O–H groups in total. The van der Waals surface area contributed by atoms with Gasteiger partial charge in [-0.3, -0.25) is 4.79 Å². The average molecular weight is 234 g/mol. The number of rotatable bonds is 2. The third-order valence-electron chi connectivity index (χ3n) is 4.38. The monoisotopic (exact) mass is 234 g/mol. The summed E-state index contributed by atoms with van der Waals surface area (Å²) in [6.45, 7) is 0. The summed E-state index contributed by atoms with van der Waals surface area (Å²) >= 11 is 0. The van der Waals surface area contributed by atoms with E-state index in [2.05, 4.69) is 0 Å². The lowest BCUT2D eigenvalue weighted by molar-refractivity contribution is -0.137. The molecule has 1 unspecified atom stereocenters. The molecule has 0 radical (unpaired) electrons. The molecule has 17 heavy (non-hydrogen) atoms. The second-order valence-corrected chi connectivity index (χ2v) is 5.34. The summed E-state index contributed by atoms with van der Waals surface area (Å²) in [5.74, 6) is -0.935. The minimum atomic E-state index is -0.790. The molecule has 90 valence electrons. The Morgan fingerprint density at radius 2 is 2.24 bits per heavy atom. The van der Waals surface area contributed by atoms with E-state index in [0.717, 1.165) is 36.8 Å². The Labute approximate surface area is 99.5 Å². The van der Waals surface area contributed by atoms with E-state index in [1.54, 1.807) is 6.07 Å². The molecule has 1 spiro atoms. The average Bonchev–Trinajstić information content (AvgIpc) is 2.53. The molecule has 0 aromatic heterocycles. The van der Waals surface area contributed by atoms with E-state index in [-0.39, 0.29) is 23.6 Å². The molecule has 0 saturated heterocycles. The van der Waals surface area contributed by atoms with Crippen molar-refractivity contribution in [2.75, 3.05) is 0 Å². The van der Waals surface area contributed by atoms with Crippen molar-refractivity contribution in [3.05, 3.63) is 35.1 Å². The lowest BCUT2D eigenvalue weighted by Crippen LogP contribution is -2.32. The van der Waals surface area contributed by atoms with Crippen LogP contribution in [0.15, 0.2) is 18.2 Å². The van der Waals surface area contributed by atoms with Crippen LogP contribution in [0.3, 0.4) is 0 Å². The highest BCUT2D eigenvalue weighted by molar-refractivity contribution is 5.69. The van der Waals surface area contributed by atoms with Crippen molar-refractivity contribution in [1.29, 1.82) is 0 Å². The van der Waals surface area contributed by atoms with Gasteiger partial charge in [0, 0.05) is 0 Å². The van der Waals surface area contributed by atoms with Crippen LogP contribution in [0.2, 0.25) is 0 Å². The Kier molecular flexibility index (Phi) is 2.25. The smallest absolute Gasteiger partial charge is 0.303 e. The molecule has 0 heterocycles. The first-order chi connectivity index (χ1) is 8.12. The molecule has 2 aliphatic carbocycles. The summed E-state index contributed by atoms with van der Waals surface area (Å²) in [5, 5.41) is 8.94. The third kappa shape index (κ3) is 1.48. The summed E-state index contributed by atoms with van der Waals surface area (Å²) in [7, 11) is 0. The van der Waals surface area contributed by atoms with Crippen LogP contribution in [0.25, 0.3) is 0 Å². The molecule has 0 aliphatic heterocycles. The lowest BCUT2D eigenvalue weighted by atomic mass is 9.64. The van der Waals surface area contributed by atoms with Gasteiger partial charge in [0.05, 0.1) is 6.42 Å². The molecule has 3 heteroatoms. The number of carboxylic acids is 1.